The monoisotopic (exact) mass is 240 g/mol. The number of rotatable bonds is 5. The number of carbonyl (C=O) groups is 1. The number of aromatic nitrogens is 1. The third-order valence-corrected chi connectivity index (χ3v) is 2.98. The zero-order chi connectivity index (χ0) is 12.2. The van der Waals surface area contributed by atoms with Crippen molar-refractivity contribution in [3.63, 3.8) is 0 Å². The molecule has 3 nitrogen and oxygen atoms in total. The molecule has 0 aliphatic heterocycles. The molecular weight excluding hydrogens is 220 g/mol. The molecule has 90 valence electrons. The lowest BCUT2D eigenvalue weighted by molar-refractivity contribution is -0.118. The highest BCUT2D eigenvalue weighted by Gasteiger charge is 2.18. The minimum Gasteiger partial charge on any atom is -0.327 e. The minimum absolute atomic E-state index is 0.0348. The Morgan fingerprint density at radius 3 is 2.75 bits per heavy atom. The molecule has 0 aromatic carbocycles. The van der Waals surface area contributed by atoms with Crippen LogP contribution >= 0.6 is 11.3 Å². The van der Waals surface area contributed by atoms with Gasteiger partial charge in [0.15, 0.2) is 0 Å². The average Bonchev–Trinajstić information content (AvgIpc) is 2.51. The Balaban J connectivity index is 2.34. The van der Waals surface area contributed by atoms with Gasteiger partial charge in [0.1, 0.15) is 5.78 Å². The van der Waals surface area contributed by atoms with Gasteiger partial charge in [-0.3, -0.25) is 4.79 Å². The summed E-state index contributed by atoms with van der Waals surface area (Å²) in [6.07, 6.45) is 3.48. The van der Waals surface area contributed by atoms with Crippen molar-refractivity contribution >= 4 is 17.1 Å². The van der Waals surface area contributed by atoms with E-state index in [1.165, 1.54) is 11.3 Å². The first-order valence-electron chi connectivity index (χ1n) is 5.52. The van der Waals surface area contributed by atoms with Gasteiger partial charge >= 0.3 is 0 Å². The van der Waals surface area contributed by atoms with Crippen LogP contribution in [0.1, 0.15) is 38.6 Å². The van der Waals surface area contributed by atoms with E-state index in [1.807, 2.05) is 5.38 Å². The van der Waals surface area contributed by atoms with Crippen LogP contribution in [-0.4, -0.2) is 16.8 Å². The van der Waals surface area contributed by atoms with E-state index in [-0.39, 0.29) is 17.2 Å². The predicted octanol–water partition coefficient (Wildman–Crippen LogP) is 2.41. The Labute approximate surface area is 101 Å². The average molecular weight is 240 g/mol. The number of Topliss-reactive ketones (excluding diaryl/α,β-unsaturated/α-hetero) is 1. The van der Waals surface area contributed by atoms with Crippen LogP contribution in [0.2, 0.25) is 0 Å². The van der Waals surface area contributed by atoms with Crippen molar-refractivity contribution in [3.8, 4) is 0 Å². The summed E-state index contributed by atoms with van der Waals surface area (Å²) in [5.74, 6) is 0.187. The molecule has 1 aromatic rings. The highest BCUT2D eigenvalue weighted by atomic mass is 32.1. The molecule has 1 aromatic heterocycles. The van der Waals surface area contributed by atoms with Crippen molar-refractivity contribution in [3.05, 3.63) is 16.6 Å². The number of hydrogen-bond donors (Lipinski definition) is 1. The second kappa shape index (κ2) is 5.55. The summed E-state index contributed by atoms with van der Waals surface area (Å²) in [6, 6.07) is -0.0348. The van der Waals surface area contributed by atoms with Crippen molar-refractivity contribution < 1.29 is 4.79 Å². The van der Waals surface area contributed by atoms with Crippen LogP contribution < -0.4 is 5.73 Å². The molecule has 1 rings (SSSR count). The van der Waals surface area contributed by atoms with Gasteiger partial charge in [-0.15, -0.1) is 11.3 Å². The number of nitrogens with zero attached hydrogens (tertiary/aromatic N) is 1. The fourth-order valence-electron chi connectivity index (χ4n) is 1.73. The maximum atomic E-state index is 11.7. The van der Waals surface area contributed by atoms with E-state index in [2.05, 4.69) is 25.8 Å². The number of carbonyl (C=O) groups excluding carboxylic acids is 1. The first-order valence-corrected chi connectivity index (χ1v) is 6.40. The van der Waals surface area contributed by atoms with Crippen LogP contribution in [0.5, 0.6) is 0 Å². The molecule has 0 bridgehead atoms. The molecule has 0 spiro atoms. The van der Waals surface area contributed by atoms with Crippen LogP contribution in [0.25, 0.3) is 0 Å². The highest BCUT2D eigenvalue weighted by molar-refractivity contribution is 7.09. The normalized spacial score (nSPS) is 13.8. The zero-order valence-corrected chi connectivity index (χ0v) is 11.0. The SMILES string of the molecule is CC(C)(C)CC(N)CC(=O)Cc1nccs1. The van der Waals surface area contributed by atoms with Crippen LogP contribution in [0.3, 0.4) is 0 Å². The van der Waals surface area contributed by atoms with E-state index in [0.717, 1.165) is 11.4 Å². The maximum Gasteiger partial charge on any atom is 0.141 e. The molecule has 0 fully saturated rings. The molecule has 1 atom stereocenters. The standard InChI is InChI=1S/C12H20N2OS/c1-12(2,3)8-9(13)6-10(15)7-11-14-4-5-16-11/h4-5,9H,6-8,13H2,1-3H3. The van der Waals surface area contributed by atoms with E-state index in [9.17, 15) is 4.79 Å². The molecule has 0 radical (unpaired) electrons. The summed E-state index contributed by atoms with van der Waals surface area (Å²) in [5.41, 5.74) is 6.13. The summed E-state index contributed by atoms with van der Waals surface area (Å²) in [6.45, 7) is 6.41. The van der Waals surface area contributed by atoms with Crippen LogP contribution in [0.15, 0.2) is 11.6 Å². The molecular formula is C12H20N2OS. The smallest absolute Gasteiger partial charge is 0.141 e. The lowest BCUT2D eigenvalue weighted by Gasteiger charge is -2.22. The second-order valence-corrected chi connectivity index (χ2v) is 6.35. The molecule has 1 unspecified atom stereocenters. The Hall–Kier alpha value is -0.740. The third kappa shape index (κ3) is 5.37. The molecule has 0 saturated carbocycles. The Kier molecular flexibility index (Phi) is 4.62. The molecule has 0 saturated heterocycles. The van der Waals surface area contributed by atoms with Crippen LogP contribution in [0, 0.1) is 5.41 Å². The van der Waals surface area contributed by atoms with Gasteiger partial charge in [-0.05, 0) is 11.8 Å². The zero-order valence-electron chi connectivity index (χ0n) is 10.2. The van der Waals surface area contributed by atoms with Gasteiger partial charge in [0, 0.05) is 24.0 Å². The van der Waals surface area contributed by atoms with Crippen molar-refractivity contribution in [1.82, 2.24) is 4.98 Å². The van der Waals surface area contributed by atoms with E-state index >= 15 is 0 Å². The number of thiazole rings is 1. The van der Waals surface area contributed by atoms with Gasteiger partial charge in [-0.2, -0.15) is 0 Å². The quantitative estimate of drug-likeness (QED) is 0.860. The molecule has 0 aliphatic rings. The van der Waals surface area contributed by atoms with Crippen LogP contribution in [0.4, 0.5) is 0 Å². The number of hydrogen-bond acceptors (Lipinski definition) is 4. The largest absolute Gasteiger partial charge is 0.327 e. The van der Waals surface area contributed by atoms with E-state index in [4.69, 9.17) is 5.73 Å². The Morgan fingerprint density at radius 1 is 1.56 bits per heavy atom. The van der Waals surface area contributed by atoms with Gasteiger partial charge in [0.05, 0.1) is 11.4 Å². The van der Waals surface area contributed by atoms with Crippen molar-refractivity contribution in [1.29, 1.82) is 0 Å². The summed E-state index contributed by atoms with van der Waals surface area (Å²) in [4.78, 5) is 15.8. The van der Waals surface area contributed by atoms with Crippen molar-refractivity contribution in [2.75, 3.05) is 0 Å². The molecule has 1 heterocycles. The molecule has 2 N–H and O–H groups in total. The van der Waals surface area contributed by atoms with Gasteiger partial charge in [0.2, 0.25) is 0 Å². The van der Waals surface area contributed by atoms with Crippen molar-refractivity contribution in [2.45, 2.75) is 46.1 Å². The molecule has 16 heavy (non-hydrogen) atoms. The topological polar surface area (TPSA) is 56.0 Å². The highest BCUT2D eigenvalue weighted by Crippen LogP contribution is 2.21. The minimum atomic E-state index is -0.0348. The van der Waals surface area contributed by atoms with Gasteiger partial charge in [-0.25, -0.2) is 4.98 Å². The van der Waals surface area contributed by atoms with E-state index < -0.39 is 0 Å². The maximum absolute atomic E-state index is 11.7. The summed E-state index contributed by atoms with van der Waals surface area (Å²) in [7, 11) is 0. The summed E-state index contributed by atoms with van der Waals surface area (Å²) in [5, 5.41) is 2.77. The molecule has 0 amide bonds. The van der Waals surface area contributed by atoms with Crippen molar-refractivity contribution in [2.24, 2.45) is 11.1 Å². The lowest BCUT2D eigenvalue weighted by Crippen LogP contribution is -2.29. The summed E-state index contributed by atoms with van der Waals surface area (Å²) < 4.78 is 0. The first kappa shape index (κ1) is 13.3. The predicted molar refractivity (Wildman–Crippen MR) is 67.5 cm³/mol. The fourth-order valence-corrected chi connectivity index (χ4v) is 2.38. The lowest BCUT2D eigenvalue weighted by atomic mass is 9.86. The Morgan fingerprint density at radius 2 is 2.25 bits per heavy atom. The fraction of sp³-hybridized carbons (Fsp3) is 0.667. The van der Waals surface area contributed by atoms with Gasteiger partial charge < -0.3 is 5.73 Å². The van der Waals surface area contributed by atoms with E-state index in [1.54, 1.807) is 6.20 Å². The third-order valence-electron chi connectivity index (χ3n) is 2.20. The molecule has 0 aliphatic carbocycles. The second-order valence-electron chi connectivity index (χ2n) is 5.37. The van der Waals surface area contributed by atoms with E-state index in [0.29, 0.717) is 12.8 Å². The van der Waals surface area contributed by atoms with Gasteiger partial charge in [0.25, 0.3) is 0 Å². The van der Waals surface area contributed by atoms with Gasteiger partial charge in [-0.1, -0.05) is 20.8 Å². The number of ketones is 1. The summed E-state index contributed by atoms with van der Waals surface area (Å²) >= 11 is 1.52. The van der Waals surface area contributed by atoms with Crippen LogP contribution in [-0.2, 0) is 11.2 Å². The first-order chi connectivity index (χ1) is 7.37. The molecule has 4 heteroatoms. The Bertz CT molecular complexity index is 327. The number of nitrogens with two attached hydrogens (primary N) is 1.